The second-order valence-corrected chi connectivity index (χ2v) is 6.63. The van der Waals surface area contributed by atoms with Crippen LogP contribution in [0, 0.1) is 6.92 Å². The van der Waals surface area contributed by atoms with Gasteiger partial charge in [0.25, 0.3) is 10.0 Å². The number of aryl methyl sites for hydroxylation is 2. The summed E-state index contributed by atoms with van der Waals surface area (Å²) in [5, 5.41) is 3.71. The maximum Gasteiger partial charge on any atom is 0.418 e. The van der Waals surface area contributed by atoms with Gasteiger partial charge in [0.05, 0.1) is 16.9 Å². The lowest BCUT2D eigenvalue weighted by Crippen LogP contribution is -2.17. The Kier molecular flexibility index (Phi) is 4.14. The van der Waals surface area contributed by atoms with E-state index < -0.39 is 27.5 Å². The van der Waals surface area contributed by atoms with Crippen molar-refractivity contribution in [1.29, 1.82) is 0 Å². The van der Waals surface area contributed by atoms with Crippen LogP contribution in [-0.2, 0) is 23.2 Å². The molecule has 1 aromatic heterocycles. The molecule has 0 aliphatic carbocycles. The fraction of sp³-hybridized carbons (Fsp3) is 0.250. The third kappa shape index (κ3) is 3.36. The Balaban J connectivity index is 2.49. The number of hydrogen-bond acceptors (Lipinski definition) is 3. The first-order valence-corrected chi connectivity index (χ1v) is 7.76. The second kappa shape index (κ2) is 5.47. The van der Waals surface area contributed by atoms with Crippen molar-refractivity contribution in [2.45, 2.75) is 18.0 Å². The van der Waals surface area contributed by atoms with Crippen LogP contribution >= 0.6 is 11.6 Å². The van der Waals surface area contributed by atoms with Gasteiger partial charge in [-0.3, -0.25) is 9.40 Å². The number of alkyl halides is 3. The van der Waals surface area contributed by atoms with Crippen LogP contribution in [-0.4, -0.2) is 18.2 Å². The Morgan fingerprint density at radius 2 is 1.95 bits per heavy atom. The zero-order valence-corrected chi connectivity index (χ0v) is 13.0. The molecule has 0 saturated heterocycles. The van der Waals surface area contributed by atoms with E-state index in [2.05, 4.69) is 5.10 Å². The molecule has 0 aliphatic heterocycles. The highest BCUT2D eigenvalue weighted by atomic mass is 35.5. The standard InChI is InChI=1S/C12H11ClF3N3O2S/c1-7-11(6-19(2)17-7)22(20,21)18-10-4-3-8(13)5-9(10)12(14,15)16/h3-6,18H,1-2H3. The molecule has 0 saturated carbocycles. The first-order chi connectivity index (χ1) is 10.0. The van der Waals surface area contributed by atoms with Gasteiger partial charge in [-0.2, -0.15) is 18.3 Å². The molecule has 0 fully saturated rings. The summed E-state index contributed by atoms with van der Waals surface area (Å²) < 4.78 is 66.6. The van der Waals surface area contributed by atoms with E-state index in [0.717, 1.165) is 6.07 Å². The average molecular weight is 354 g/mol. The largest absolute Gasteiger partial charge is 0.418 e. The molecule has 5 nitrogen and oxygen atoms in total. The van der Waals surface area contributed by atoms with Gasteiger partial charge in [0, 0.05) is 18.3 Å². The van der Waals surface area contributed by atoms with Crippen LogP contribution in [0.4, 0.5) is 18.9 Å². The highest BCUT2D eigenvalue weighted by Gasteiger charge is 2.35. The van der Waals surface area contributed by atoms with Gasteiger partial charge in [0.15, 0.2) is 0 Å². The summed E-state index contributed by atoms with van der Waals surface area (Å²) in [5.74, 6) is 0. The molecule has 0 amide bonds. The number of benzene rings is 1. The summed E-state index contributed by atoms with van der Waals surface area (Å²) >= 11 is 5.55. The molecule has 10 heteroatoms. The monoisotopic (exact) mass is 353 g/mol. The Labute approximate surface area is 129 Å². The number of nitrogens with one attached hydrogen (secondary N) is 1. The summed E-state index contributed by atoms with van der Waals surface area (Å²) in [6.45, 7) is 1.45. The van der Waals surface area contributed by atoms with E-state index in [0.29, 0.717) is 6.07 Å². The van der Waals surface area contributed by atoms with Crippen molar-refractivity contribution in [3.8, 4) is 0 Å². The molecule has 0 unspecified atom stereocenters. The summed E-state index contributed by atoms with van der Waals surface area (Å²) in [6.07, 6.45) is -3.53. The first-order valence-electron chi connectivity index (χ1n) is 5.90. The van der Waals surface area contributed by atoms with Gasteiger partial charge in [0.2, 0.25) is 0 Å². The van der Waals surface area contributed by atoms with Gasteiger partial charge < -0.3 is 0 Å². The molecule has 0 radical (unpaired) electrons. The minimum atomic E-state index is -4.74. The van der Waals surface area contributed by atoms with Gasteiger partial charge in [0.1, 0.15) is 4.90 Å². The van der Waals surface area contributed by atoms with Crippen LogP contribution in [0.25, 0.3) is 0 Å². The molecule has 0 spiro atoms. The van der Waals surface area contributed by atoms with Crippen LogP contribution in [0.5, 0.6) is 0 Å². The first kappa shape index (κ1) is 16.6. The van der Waals surface area contributed by atoms with Crippen molar-refractivity contribution >= 4 is 27.3 Å². The SMILES string of the molecule is Cc1nn(C)cc1S(=O)(=O)Nc1ccc(Cl)cc1C(F)(F)F. The molecule has 1 N–H and O–H groups in total. The minimum absolute atomic E-state index is 0.146. The van der Waals surface area contributed by atoms with Crippen LogP contribution in [0.3, 0.4) is 0 Å². The summed E-state index contributed by atoms with van der Waals surface area (Å²) in [5.41, 5.74) is -1.58. The maximum absolute atomic E-state index is 13.0. The summed E-state index contributed by atoms with van der Waals surface area (Å²) in [6, 6.07) is 2.80. The van der Waals surface area contributed by atoms with Crippen molar-refractivity contribution in [3.05, 3.63) is 40.7 Å². The van der Waals surface area contributed by atoms with Gasteiger partial charge in [-0.15, -0.1) is 0 Å². The topological polar surface area (TPSA) is 64.0 Å². The van der Waals surface area contributed by atoms with E-state index in [1.165, 1.54) is 30.9 Å². The molecule has 120 valence electrons. The fourth-order valence-electron chi connectivity index (χ4n) is 1.88. The normalized spacial score (nSPS) is 12.5. The number of rotatable bonds is 3. The van der Waals surface area contributed by atoms with Gasteiger partial charge in [-0.05, 0) is 25.1 Å². The maximum atomic E-state index is 13.0. The zero-order valence-electron chi connectivity index (χ0n) is 11.4. The Bertz CT molecular complexity index is 816. The Morgan fingerprint density at radius 1 is 1.32 bits per heavy atom. The average Bonchev–Trinajstić information content (AvgIpc) is 2.70. The Hall–Kier alpha value is -1.74. The quantitative estimate of drug-likeness (QED) is 0.921. The minimum Gasteiger partial charge on any atom is -0.279 e. The summed E-state index contributed by atoms with van der Waals surface area (Å²) in [7, 11) is -2.69. The summed E-state index contributed by atoms with van der Waals surface area (Å²) in [4.78, 5) is -0.196. The van der Waals surface area contributed by atoms with E-state index in [9.17, 15) is 21.6 Å². The van der Waals surface area contributed by atoms with Crippen LogP contribution in [0.1, 0.15) is 11.3 Å². The second-order valence-electron chi connectivity index (χ2n) is 4.55. The highest BCUT2D eigenvalue weighted by molar-refractivity contribution is 7.92. The number of halogens is 4. The fourth-order valence-corrected chi connectivity index (χ4v) is 3.35. The van der Waals surface area contributed by atoms with E-state index in [4.69, 9.17) is 11.6 Å². The van der Waals surface area contributed by atoms with Gasteiger partial charge in [-0.25, -0.2) is 8.42 Å². The third-order valence-corrected chi connectivity index (χ3v) is 4.49. The predicted molar refractivity (Wildman–Crippen MR) is 75.2 cm³/mol. The van der Waals surface area contributed by atoms with Crippen molar-refractivity contribution in [3.63, 3.8) is 0 Å². The van der Waals surface area contributed by atoms with E-state index >= 15 is 0 Å². The lowest BCUT2D eigenvalue weighted by atomic mass is 10.2. The van der Waals surface area contributed by atoms with Crippen LogP contribution in [0.2, 0.25) is 5.02 Å². The molecule has 1 aromatic carbocycles. The van der Waals surface area contributed by atoms with E-state index in [-0.39, 0.29) is 15.6 Å². The van der Waals surface area contributed by atoms with Crippen molar-refractivity contribution in [1.82, 2.24) is 9.78 Å². The van der Waals surface area contributed by atoms with Gasteiger partial charge >= 0.3 is 6.18 Å². The van der Waals surface area contributed by atoms with Crippen molar-refractivity contribution in [2.24, 2.45) is 7.05 Å². The zero-order chi connectivity index (χ0) is 16.7. The molecule has 22 heavy (non-hydrogen) atoms. The Morgan fingerprint density at radius 3 is 2.45 bits per heavy atom. The van der Waals surface area contributed by atoms with E-state index in [1.54, 1.807) is 0 Å². The smallest absolute Gasteiger partial charge is 0.279 e. The third-order valence-electron chi connectivity index (χ3n) is 2.79. The van der Waals surface area contributed by atoms with Crippen molar-refractivity contribution < 1.29 is 21.6 Å². The molecule has 0 atom stereocenters. The van der Waals surface area contributed by atoms with Crippen molar-refractivity contribution in [2.75, 3.05) is 4.72 Å². The molecular weight excluding hydrogens is 343 g/mol. The van der Waals surface area contributed by atoms with Crippen LogP contribution in [0.15, 0.2) is 29.3 Å². The number of aromatic nitrogens is 2. The highest BCUT2D eigenvalue weighted by Crippen LogP contribution is 2.37. The molecule has 0 aliphatic rings. The lowest BCUT2D eigenvalue weighted by Gasteiger charge is -2.14. The molecule has 2 aromatic rings. The number of hydrogen-bond donors (Lipinski definition) is 1. The molecule has 0 bridgehead atoms. The van der Waals surface area contributed by atoms with E-state index in [1.807, 2.05) is 4.72 Å². The van der Waals surface area contributed by atoms with Crippen LogP contribution < -0.4 is 4.72 Å². The number of nitrogens with zero attached hydrogens (tertiary/aromatic N) is 2. The molecular formula is C12H11ClF3N3O2S. The molecule has 1 heterocycles. The van der Waals surface area contributed by atoms with Gasteiger partial charge in [-0.1, -0.05) is 11.6 Å². The molecule has 2 rings (SSSR count). The number of sulfonamides is 1. The predicted octanol–water partition coefficient (Wildman–Crippen LogP) is 3.20. The lowest BCUT2D eigenvalue weighted by molar-refractivity contribution is -0.136. The number of anilines is 1.